The second kappa shape index (κ2) is 7.24. The van der Waals surface area contributed by atoms with Gasteiger partial charge in [-0.15, -0.1) is 0 Å². The Hall–Kier alpha value is -1.75. The fourth-order valence-corrected chi connectivity index (χ4v) is 3.79. The Morgan fingerprint density at radius 1 is 1.04 bits per heavy atom. The van der Waals surface area contributed by atoms with E-state index in [2.05, 4.69) is 33.0 Å². The normalized spacial score (nSPS) is 15.5. The minimum absolute atomic E-state index is 0.656. The summed E-state index contributed by atoms with van der Waals surface area (Å²) < 4.78 is 2.26. The van der Waals surface area contributed by atoms with Gasteiger partial charge in [0, 0.05) is 29.7 Å². The van der Waals surface area contributed by atoms with Gasteiger partial charge in [-0.2, -0.15) is 0 Å². The van der Waals surface area contributed by atoms with Crippen molar-refractivity contribution in [2.24, 2.45) is 0 Å². The van der Waals surface area contributed by atoms with Gasteiger partial charge < -0.3 is 14.8 Å². The second-order valence-corrected chi connectivity index (χ2v) is 7.16. The van der Waals surface area contributed by atoms with Gasteiger partial charge >= 0.3 is 0 Å². The molecule has 4 rings (SSSR count). The van der Waals surface area contributed by atoms with Crippen LogP contribution < -0.4 is 10.2 Å². The molecular weight excluding hydrogens is 355 g/mol. The molecule has 6 heteroatoms. The third kappa shape index (κ3) is 3.47. The molecule has 0 spiro atoms. The van der Waals surface area contributed by atoms with E-state index in [0.717, 1.165) is 55.1 Å². The molecule has 1 aliphatic rings. The highest BCUT2D eigenvalue weighted by Crippen LogP contribution is 2.28. The van der Waals surface area contributed by atoms with Crippen molar-refractivity contribution in [2.75, 3.05) is 31.1 Å². The minimum atomic E-state index is 0.656. The molecule has 2 aromatic carbocycles. The van der Waals surface area contributed by atoms with E-state index in [9.17, 15) is 0 Å². The average molecular weight is 375 g/mol. The van der Waals surface area contributed by atoms with Gasteiger partial charge in [0.25, 0.3) is 0 Å². The number of nitrogens with one attached hydrogen (secondary N) is 1. The van der Waals surface area contributed by atoms with Gasteiger partial charge in [-0.1, -0.05) is 41.4 Å². The van der Waals surface area contributed by atoms with Gasteiger partial charge in [0.1, 0.15) is 0 Å². The highest BCUT2D eigenvalue weighted by Gasteiger charge is 2.19. The SMILES string of the molecule is Clc1ccc(Cn2c(N3CCCNCC3)nc3ccccc32)c(Cl)c1. The van der Waals surface area contributed by atoms with E-state index in [0.29, 0.717) is 16.6 Å². The standard InChI is InChI=1S/C19H20Cl2N4/c20-15-7-6-14(16(21)12-15)13-25-18-5-2-1-4-17(18)23-19(25)24-10-3-8-22-9-11-24/h1-2,4-7,12,22H,3,8-11,13H2. The summed E-state index contributed by atoms with van der Waals surface area (Å²) in [5, 5.41) is 4.80. The number of para-hydroxylation sites is 2. The summed E-state index contributed by atoms with van der Waals surface area (Å²) in [4.78, 5) is 7.28. The highest BCUT2D eigenvalue weighted by atomic mass is 35.5. The lowest BCUT2D eigenvalue weighted by Gasteiger charge is -2.22. The Kier molecular flexibility index (Phi) is 4.84. The van der Waals surface area contributed by atoms with Crippen molar-refractivity contribution in [2.45, 2.75) is 13.0 Å². The number of rotatable bonds is 3. The predicted octanol–water partition coefficient (Wildman–Crippen LogP) is 4.19. The minimum Gasteiger partial charge on any atom is -0.341 e. The number of halogens is 2. The van der Waals surface area contributed by atoms with Gasteiger partial charge in [0.15, 0.2) is 0 Å². The van der Waals surface area contributed by atoms with Gasteiger partial charge in [-0.25, -0.2) is 4.98 Å². The largest absolute Gasteiger partial charge is 0.341 e. The number of aromatic nitrogens is 2. The van der Waals surface area contributed by atoms with Crippen LogP contribution in [0.1, 0.15) is 12.0 Å². The summed E-state index contributed by atoms with van der Waals surface area (Å²) in [6.07, 6.45) is 1.12. The highest BCUT2D eigenvalue weighted by molar-refractivity contribution is 6.35. The number of anilines is 1. The van der Waals surface area contributed by atoms with Crippen molar-refractivity contribution in [1.82, 2.24) is 14.9 Å². The molecule has 4 nitrogen and oxygen atoms in total. The second-order valence-electron chi connectivity index (χ2n) is 6.31. The summed E-state index contributed by atoms with van der Waals surface area (Å²) in [7, 11) is 0. The molecule has 1 aromatic heterocycles. The fraction of sp³-hybridized carbons (Fsp3) is 0.316. The maximum atomic E-state index is 6.42. The zero-order valence-corrected chi connectivity index (χ0v) is 15.4. The molecule has 1 saturated heterocycles. The van der Waals surface area contributed by atoms with Gasteiger partial charge in [-0.3, -0.25) is 0 Å². The first kappa shape index (κ1) is 16.7. The molecule has 1 aliphatic heterocycles. The maximum absolute atomic E-state index is 6.42. The summed E-state index contributed by atoms with van der Waals surface area (Å²) in [6, 6.07) is 13.9. The number of hydrogen-bond donors (Lipinski definition) is 1. The zero-order chi connectivity index (χ0) is 17.2. The van der Waals surface area contributed by atoms with Gasteiger partial charge in [0.2, 0.25) is 5.95 Å². The van der Waals surface area contributed by atoms with Crippen LogP contribution in [0.25, 0.3) is 11.0 Å². The Morgan fingerprint density at radius 2 is 1.92 bits per heavy atom. The molecular formula is C19H20Cl2N4. The van der Waals surface area contributed by atoms with Crippen LogP contribution in [-0.4, -0.2) is 35.7 Å². The summed E-state index contributed by atoms with van der Waals surface area (Å²) in [5.74, 6) is 1.01. The molecule has 0 atom stereocenters. The molecule has 130 valence electrons. The van der Waals surface area contributed by atoms with Crippen LogP contribution in [0.15, 0.2) is 42.5 Å². The molecule has 25 heavy (non-hydrogen) atoms. The quantitative estimate of drug-likeness (QED) is 0.745. The van der Waals surface area contributed by atoms with Crippen molar-refractivity contribution < 1.29 is 0 Å². The van der Waals surface area contributed by atoms with Crippen LogP contribution >= 0.6 is 23.2 Å². The smallest absolute Gasteiger partial charge is 0.206 e. The Morgan fingerprint density at radius 3 is 2.80 bits per heavy atom. The molecule has 0 amide bonds. The first-order valence-electron chi connectivity index (χ1n) is 8.57. The lowest BCUT2D eigenvalue weighted by atomic mass is 10.2. The van der Waals surface area contributed by atoms with E-state index < -0.39 is 0 Å². The van der Waals surface area contributed by atoms with Crippen molar-refractivity contribution >= 4 is 40.2 Å². The first-order valence-corrected chi connectivity index (χ1v) is 9.33. The predicted molar refractivity (Wildman–Crippen MR) is 105 cm³/mol. The molecule has 0 bridgehead atoms. The van der Waals surface area contributed by atoms with E-state index >= 15 is 0 Å². The van der Waals surface area contributed by atoms with E-state index in [4.69, 9.17) is 28.2 Å². The van der Waals surface area contributed by atoms with E-state index in [1.54, 1.807) is 6.07 Å². The zero-order valence-electron chi connectivity index (χ0n) is 13.9. The average Bonchev–Trinajstić information content (AvgIpc) is 2.79. The number of nitrogens with zero attached hydrogens (tertiary/aromatic N) is 3. The van der Waals surface area contributed by atoms with Crippen LogP contribution in [0.4, 0.5) is 5.95 Å². The van der Waals surface area contributed by atoms with Crippen LogP contribution in [0.5, 0.6) is 0 Å². The summed E-state index contributed by atoms with van der Waals surface area (Å²) >= 11 is 12.5. The topological polar surface area (TPSA) is 33.1 Å². The molecule has 1 N–H and O–H groups in total. The number of imidazole rings is 1. The van der Waals surface area contributed by atoms with Crippen LogP contribution in [0, 0.1) is 0 Å². The van der Waals surface area contributed by atoms with Crippen LogP contribution in [0.2, 0.25) is 10.0 Å². The van der Waals surface area contributed by atoms with E-state index in [1.165, 1.54) is 0 Å². The fourth-order valence-electron chi connectivity index (χ4n) is 3.33. The van der Waals surface area contributed by atoms with Crippen LogP contribution in [0.3, 0.4) is 0 Å². The number of hydrogen-bond acceptors (Lipinski definition) is 3. The van der Waals surface area contributed by atoms with Gasteiger partial charge in [0.05, 0.1) is 17.6 Å². The first-order chi connectivity index (χ1) is 12.2. The van der Waals surface area contributed by atoms with E-state index in [1.807, 2.05) is 18.2 Å². The third-order valence-corrected chi connectivity index (χ3v) is 5.19. The van der Waals surface area contributed by atoms with Crippen molar-refractivity contribution in [3.63, 3.8) is 0 Å². The molecule has 0 radical (unpaired) electrons. The van der Waals surface area contributed by atoms with Gasteiger partial charge in [-0.05, 0) is 42.8 Å². The molecule has 3 aromatic rings. The Labute approximate surface area is 157 Å². The van der Waals surface area contributed by atoms with Crippen LogP contribution in [-0.2, 0) is 6.54 Å². The number of benzene rings is 2. The monoisotopic (exact) mass is 374 g/mol. The lowest BCUT2D eigenvalue weighted by Crippen LogP contribution is -2.30. The third-order valence-electron chi connectivity index (χ3n) is 4.60. The number of fused-ring (bicyclic) bond motifs is 1. The Bertz CT molecular complexity index is 882. The summed E-state index contributed by atoms with van der Waals surface area (Å²) in [6.45, 7) is 4.67. The van der Waals surface area contributed by atoms with Crippen molar-refractivity contribution in [3.05, 3.63) is 58.1 Å². The van der Waals surface area contributed by atoms with Crippen molar-refractivity contribution in [3.8, 4) is 0 Å². The molecule has 2 heterocycles. The summed E-state index contributed by atoms with van der Waals surface area (Å²) in [5.41, 5.74) is 3.18. The molecule has 0 unspecified atom stereocenters. The molecule has 0 saturated carbocycles. The molecule has 0 aliphatic carbocycles. The Balaban J connectivity index is 1.78. The van der Waals surface area contributed by atoms with Crippen molar-refractivity contribution in [1.29, 1.82) is 0 Å². The van der Waals surface area contributed by atoms with E-state index in [-0.39, 0.29) is 0 Å². The lowest BCUT2D eigenvalue weighted by molar-refractivity contribution is 0.722. The molecule has 1 fully saturated rings. The maximum Gasteiger partial charge on any atom is 0.206 e.